The molecule has 0 aliphatic carbocycles. The zero-order chi connectivity index (χ0) is 21.3. The maximum atomic E-state index is 10.3. The highest BCUT2D eigenvalue weighted by atomic mass is 16.5. The number of nitrogens with one attached hydrogen (secondary N) is 1. The molecular weight excluding hydrogens is 348 g/mol. The summed E-state index contributed by atoms with van der Waals surface area (Å²) in [6.07, 6.45) is 9.15. The Labute approximate surface area is 173 Å². The number of aliphatic hydroxyl groups is 1. The van der Waals surface area contributed by atoms with Gasteiger partial charge in [0.2, 0.25) is 0 Å². The summed E-state index contributed by atoms with van der Waals surface area (Å²) in [4.78, 5) is 2.54. The Morgan fingerprint density at radius 3 is 2.36 bits per heavy atom. The van der Waals surface area contributed by atoms with Crippen molar-refractivity contribution in [2.24, 2.45) is 11.8 Å². The van der Waals surface area contributed by atoms with Crippen molar-refractivity contribution < 1.29 is 9.84 Å². The lowest BCUT2D eigenvalue weighted by Crippen LogP contribution is -2.48. The van der Waals surface area contributed by atoms with Crippen LogP contribution in [-0.2, 0) is 4.74 Å². The first-order valence-electron chi connectivity index (χ1n) is 10.9. The quantitative estimate of drug-likeness (QED) is 0.401. The van der Waals surface area contributed by atoms with Crippen molar-refractivity contribution in [3.05, 3.63) is 36.0 Å². The molecule has 1 rings (SSSR count). The topological polar surface area (TPSA) is 44.7 Å². The van der Waals surface area contributed by atoms with Crippen molar-refractivity contribution in [1.29, 1.82) is 0 Å². The van der Waals surface area contributed by atoms with E-state index in [1.54, 1.807) is 7.11 Å². The highest BCUT2D eigenvalue weighted by molar-refractivity contribution is 5.12. The number of likely N-dealkylation sites (tertiary alicyclic amines) is 1. The fourth-order valence-electron chi connectivity index (χ4n) is 3.89. The molecule has 4 heteroatoms. The number of aliphatic hydroxyl groups excluding tert-OH is 1. The minimum Gasteiger partial charge on any atom is -0.379 e. The van der Waals surface area contributed by atoms with Crippen LogP contribution in [-0.4, -0.2) is 54.6 Å². The fraction of sp³-hybridized carbons (Fsp3) is 0.750. The van der Waals surface area contributed by atoms with Crippen LogP contribution >= 0.6 is 0 Å². The molecule has 1 aliphatic rings. The average Bonchev–Trinajstić information content (AvgIpc) is 2.65. The number of ether oxygens (including phenoxy) is 1. The third kappa shape index (κ3) is 8.20. The van der Waals surface area contributed by atoms with Gasteiger partial charge in [0.1, 0.15) is 6.23 Å². The molecule has 1 aliphatic heterocycles. The third-order valence-corrected chi connectivity index (χ3v) is 6.32. The summed E-state index contributed by atoms with van der Waals surface area (Å²) in [5.74, 6) is 0.713. The largest absolute Gasteiger partial charge is 0.379 e. The van der Waals surface area contributed by atoms with Gasteiger partial charge in [-0.05, 0) is 52.9 Å². The van der Waals surface area contributed by atoms with Crippen LogP contribution in [0.1, 0.15) is 60.8 Å². The van der Waals surface area contributed by atoms with E-state index >= 15 is 0 Å². The Bertz CT molecular complexity index is 521. The Hall–Kier alpha value is -0.940. The third-order valence-electron chi connectivity index (χ3n) is 6.32. The zero-order valence-electron chi connectivity index (χ0n) is 19.2. The first-order valence-corrected chi connectivity index (χ1v) is 10.9. The monoisotopic (exact) mass is 392 g/mol. The molecule has 0 aromatic carbocycles. The number of hydrogen-bond donors (Lipinski definition) is 2. The molecule has 0 aromatic rings. The van der Waals surface area contributed by atoms with Crippen molar-refractivity contribution in [3.63, 3.8) is 0 Å². The Morgan fingerprint density at radius 1 is 1.25 bits per heavy atom. The first kappa shape index (κ1) is 25.1. The number of rotatable bonds is 11. The fourth-order valence-corrected chi connectivity index (χ4v) is 3.89. The highest BCUT2D eigenvalue weighted by Crippen LogP contribution is 2.22. The summed E-state index contributed by atoms with van der Waals surface area (Å²) in [7, 11) is 1.78. The molecule has 0 aromatic heterocycles. The van der Waals surface area contributed by atoms with Crippen molar-refractivity contribution in [3.8, 4) is 0 Å². The molecule has 0 bridgehead atoms. The van der Waals surface area contributed by atoms with Crippen LogP contribution in [0.25, 0.3) is 0 Å². The molecule has 1 fully saturated rings. The summed E-state index contributed by atoms with van der Waals surface area (Å²) in [5.41, 5.74) is 2.51. The van der Waals surface area contributed by atoms with Gasteiger partial charge in [-0.15, -0.1) is 0 Å². The number of allylic oxidation sites excluding steroid dienone is 2. The molecule has 28 heavy (non-hydrogen) atoms. The van der Waals surface area contributed by atoms with Crippen LogP contribution in [0.3, 0.4) is 0 Å². The van der Waals surface area contributed by atoms with E-state index in [0.29, 0.717) is 23.9 Å². The molecule has 162 valence electrons. The maximum absolute atomic E-state index is 10.3. The molecule has 0 amide bonds. The van der Waals surface area contributed by atoms with E-state index in [1.165, 1.54) is 5.57 Å². The van der Waals surface area contributed by atoms with E-state index in [9.17, 15) is 5.11 Å². The van der Waals surface area contributed by atoms with Gasteiger partial charge in [-0.3, -0.25) is 10.2 Å². The van der Waals surface area contributed by atoms with Gasteiger partial charge in [0.15, 0.2) is 0 Å². The van der Waals surface area contributed by atoms with E-state index in [0.717, 1.165) is 37.9 Å². The van der Waals surface area contributed by atoms with Gasteiger partial charge in [-0.1, -0.05) is 49.8 Å². The Balaban J connectivity index is 2.50. The number of methoxy groups -OCH3 is 1. The maximum Gasteiger partial charge on any atom is 0.105 e. The Morgan fingerprint density at radius 2 is 1.86 bits per heavy atom. The minimum absolute atomic E-state index is 0.131. The molecule has 4 nitrogen and oxygen atoms in total. The summed E-state index contributed by atoms with van der Waals surface area (Å²) >= 11 is 0. The molecule has 0 radical (unpaired) electrons. The molecule has 2 N–H and O–H groups in total. The van der Waals surface area contributed by atoms with Crippen LogP contribution in [0.5, 0.6) is 0 Å². The van der Waals surface area contributed by atoms with Crippen LogP contribution in [0, 0.1) is 11.8 Å². The van der Waals surface area contributed by atoms with Gasteiger partial charge in [0, 0.05) is 38.2 Å². The smallest absolute Gasteiger partial charge is 0.105 e. The standard InChI is InChI=1S/C24H44N2O2/c1-9-10-23(28-8)21(7)19(5)15-20(6)26-13-11-22(12-14-26)25-24(27)16-18(4)17(2)3/h9-10,15,18,20-25,27H,2,11-14,16H2,1,3-8H3/b10-9-,19-15+. The lowest BCUT2D eigenvalue weighted by molar-refractivity contribution is 0.0799. The molecule has 1 saturated heterocycles. The van der Waals surface area contributed by atoms with Crippen LogP contribution in [0.2, 0.25) is 0 Å². The second kappa shape index (κ2) is 12.6. The van der Waals surface area contributed by atoms with Crippen molar-refractivity contribution in [2.45, 2.75) is 85.2 Å². The van der Waals surface area contributed by atoms with E-state index in [2.05, 4.69) is 62.7 Å². The van der Waals surface area contributed by atoms with Crippen molar-refractivity contribution >= 4 is 0 Å². The summed E-state index contributed by atoms with van der Waals surface area (Å²) in [5, 5.41) is 13.7. The second-order valence-electron chi connectivity index (χ2n) is 8.64. The SMILES string of the molecule is C=C(C)C(C)CC(O)NC1CCN(C(C)/C=C(\C)C(C)C(/C=C\C)OC)CC1. The van der Waals surface area contributed by atoms with Crippen LogP contribution in [0.15, 0.2) is 36.0 Å². The molecule has 5 unspecified atom stereocenters. The van der Waals surface area contributed by atoms with Gasteiger partial charge in [-0.25, -0.2) is 0 Å². The summed E-state index contributed by atoms with van der Waals surface area (Å²) in [6.45, 7) is 19.0. The van der Waals surface area contributed by atoms with Gasteiger partial charge in [0.25, 0.3) is 0 Å². The van der Waals surface area contributed by atoms with E-state index < -0.39 is 6.23 Å². The lowest BCUT2D eigenvalue weighted by Gasteiger charge is -2.37. The predicted molar refractivity (Wildman–Crippen MR) is 120 cm³/mol. The van der Waals surface area contributed by atoms with Gasteiger partial charge in [0.05, 0.1) is 6.10 Å². The second-order valence-corrected chi connectivity index (χ2v) is 8.64. The van der Waals surface area contributed by atoms with E-state index in [-0.39, 0.29) is 6.10 Å². The number of hydrogen-bond acceptors (Lipinski definition) is 4. The molecule has 5 atom stereocenters. The molecule has 0 spiro atoms. The van der Waals surface area contributed by atoms with Crippen molar-refractivity contribution in [2.75, 3.05) is 20.2 Å². The average molecular weight is 393 g/mol. The molecular formula is C24H44N2O2. The van der Waals surface area contributed by atoms with E-state index in [1.807, 2.05) is 13.8 Å². The lowest BCUT2D eigenvalue weighted by atomic mass is 9.93. The highest BCUT2D eigenvalue weighted by Gasteiger charge is 2.24. The van der Waals surface area contributed by atoms with Gasteiger partial charge < -0.3 is 9.84 Å². The first-order chi connectivity index (χ1) is 13.2. The molecule has 1 heterocycles. The van der Waals surface area contributed by atoms with Gasteiger partial charge in [-0.2, -0.15) is 0 Å². The zero-order valence-corrected chi connectivity index (χ0v) is 19.2. The van der Waals surface area contributed by atoms with E-state index in [4.69, 9.17) is 4.74 Å². The number of nitrogens with zero attached hydrogens (tertiary/aromatic N) is 1. The normalized spacial score (nSPS) is 22.8. The van der Waals surface area contributed by atoms with Crippen molar-refractivity contribution in [1.82, 2.24) is 10.2 Å². The Kier molecular flexibility index (Phi) is 11.3. The molecule has 0 saturated carbocycles. The summed E-state index contributed by atoms with van der Waals surface area (Å²) in [6, 6.07) is 0.812. The van der Waals surface area contributed by atoms with Gasteiger partial charge >= 0.3 is 0 Å². The number of piperidine rings is 1. The predicted octanol–water partition coefficient (Wildman–Crippen LogP) is 4.52. The van der Waals surface area contributed by atoms with Crippen LogP contribution in [0.4, 0.5) is 0 Å². The van der Waals surface area contributed by atoms with Crippen LogP contribution < -0.4 is 5.32 Å². The summed E-state index contributed by atoms with van der Waals surface area (Å²) < 4.78 is 5.62. The minimum atomic E-state index is -0.443.